The fourth-order valence-corrected chi connectivity index (χ4v) is 2.88. The van der Waals surface area contributed by atoms with E-state index in [9.17, 15) is 4.79 Å². The van der Waals surface area contributed by atoms with Gasteiger partial charge in [-0.15, -0.1) is 0 Å². The molecule has 15 heavy (non-hydrogen) atoms. The van der Waals surface area contributed by atoms with E-state index in [1.165, 1.54) is 12.8 Å². The molecule has 0 spiro atoms. The third-order valence-electron chi connectivity index (χ3n) is 3.80. The number of carbonyl (C=O) groups is 1. The molecule has 1 saturated carbocycles. The second-order valence-electron chi connectivity index (χ2n) is 5.13. The molecule has 86 valence electrons. The minimum absolute atomic E-state index is 0.0756. The van der Waals surface area contributed by atoms with Crippen LogP contribution in [-0.4, -0.2) is 42.0 Å². The first-order chi connectivity index (χ1) is 7.06. The summed E-state index contributed by atoms with van der Waals surface area (Å²) in [7, 11) is 1.94. The Bertz CT molecular complexity index is 265. The molecule has 0 bridgehead atoms. The lowest BCUT2D eigenvalue weighted by atomic mass is 9.92. The summed E-state index contributed by atoms with van der Waals surface area (Å²) in [4.78, 5) is 13.6. The molecule has 1 saturated heterocycles. The number of hydrogen-bond donors (Lipinski definition) is 2. The fraction of sp³-hybridized carbons (Fsp3) is 0.909. The van der Waals surface area contributed by atoms with Crippen molar-refractivity contribution in [2.24, 2.45) is 5.73 Å². The standard InChI is InChI=1S/C11H21N3O/c1-8-5-11(13-2,6-10(12)15)7-14(8)9-3-4-9/h8-9,13H,3-7H2,1-2H3,(H2,12,15). The molecule has 4 nitrogen and oxygen atoms in total. The summed E-state index contributed by atoms with van der Waals surface area (Å²) < 4.78 is 0. The molecule has 1 aliphatic carbocycles. The second kappa shape index (κ2) is 3.76. The van der Waals surface area contributed by atoms with Crippen LogP contribution in [0.4, 0.5) is 0 Å². The normalized spacial score (nSPS) is 37.1. The summed E-state index contributed by atoms with van der Waals surface area (Å²) in [5.41, 5.74) is 5.24. The highest BCUT2D eigenvalue weighted by molar-refractivity contribution is 5.75. The number of primary amides is 1. The van der Waals surface area contributed by atoms with Gasteiger partial charge in [-0.1, -0.05) is 0 Å². The summed E-state index contributed by atoms with van der Waals surface area (Å²) >= 11 is 0. The largest absolute Gasteiger partial charge is 0.370 e. The van der Waals surface area contributed by atoms with Gasteiger partial charge < -0.3 is 11.1 Å². The van der Waals surface area contributed by atoms with Crippen molar-refractivity contribution in [1.82, 2.24) is 10.2 Å². The van der Waals surface area contributed by atoms with E-state index in [0.29, 0.717) is 12.5 Å². The van der Waals surface area contributed by atoms with Gasteiger partial charge in [-0.3, -0.25) is 9.69 Å². The minimum Gasteiger partial charge on any atom is -0.370 e. The van der Waals surface area contributed by atoms with E-state index in [0.717, 1.165) is 19.0 Å². The minimum atomic E-state index is -0.200. The van der Waals surface area contributed by atoms with E-state index in [4.69, 9.17) is 5.73 Å². The van der Waals surface area contributed by atoms with Gasteiger partial charge in [-0.05, 0) is 33.2 Å². The molecular weight excluding hydrogens is 190 g/mol. The topological polar surface area (TPSA) is 58.4 Å². The average molecular weight is 211 g/mol. The van der Waals surface area contributed by atoms with E-state index in [-0.39, 0.29) is 11.4 Å². The monoisotopic (exact) mass is 211 g/mol. The van der Waals surface area contributed by atoms with Crippen LogP contribution in [0.25, 0.3) is 0 Å². The van der Waals surface area contributed by atoms with Crippen molar-refractivity contribution in [2.75, 3.05) is 13.6 Å². The molecule has 2 unspecified atom stereocenters. The van der Waals surface area contributed by atoms with Gasteiger partial charge in [0.05, 0.1) is 0 Å². The number of nitrogens with zero attached hydrogens (tertiary/aromatic N) is 1. The lowest BCUT2D eigenvalue weighted by molar-refractivity contribution is -0.119. The molecular formula is C11H21N3O. The number of amides is 1. The Labute approximate surface area is 91.2 Å². The Balaban J connectivity index is 2.04. The van der Waals surface area contributed by atoms with Crippen molar-refractivity contribution < 1.29 is 4.79 Å². The second-order valence-corrected chi connectivity index (χ2v) is 5.13. The quantitative estimate of drug-likeness (QED) is 0.692. The van der Waals surface area contributed by atoms with Crippen molar-refractivity contribution in [3.8, 4) is 0 Å². The van der Waals surface area contributed by atoms with Crippen LogP contribution in [0.2, 0.25) is 0 Å². The maximum Gasteiger partial charge on any atom is 0.219 e. The Morgan fingerprint density at radius 1 is 1.60 bits per heavy atom. The first-order valence-electron chi connectivity index (χ1n) is 5.79. The Hall–Kier alpha value is -0.610. The zero-order valence-electron chi connectivity index (χ0n) is 9.62. The van der Waals surface area contributed by atoms with Gasteiger partial charge in [-0.2, -0.15) is 0 Å². The number of carbonyl (C=O) groups excluding carboxylic acids is 1. The molecule has 2 atom stereocenters. The maximum absolute atomic E-state index is 11.1. The van der Waals surface area contributed by atoms with E-state index in [1.54, 1.807) is 0 Å². The van der Waals surface area contributed by atoms with Crippen molar-refractivity contribution in [2.45, 2.75) is 50.2 Å². The molecule has 0 aromatic carbocycles. The third-order valence-corrected chi connectivity index (χ3v) is 3.80. The Morgan fingerprint density at radius 3 is 2.73 bits per heavy atom. The van der Waals surface area contributed by atoms with Crippen LogP contribution in [-0.2, 0) is 4.79 Å². The van der Waals surface area contributed by atoms with Gasteiger partial charge in [0.15, 0.2) is 0 Å². The van der Waals surface area contributed by atoms with E-state index in [1.807, 2.05) is 7.05 Å². The van der Waals surface area contributed by atoms with E-state index >= 15 is 0 Å². The predicted molar refractivity (Wildman–Crippen MR) is 59.4 cm³/mol. The summed E-state index contributed by atoms with van der Waals surface area (Å²) in [6, 6.07) is 1.34. The molecule has 1 amide bonds. The van der Waals surface area contributed by atoms with Gasteiger partial charge >= 0.3 is 0 Å². The Morgan fingerprint density at radius 2 is 2.27 bits per heavy atom. The van der Waals surface area contributed by atoms with Crippen LogP contribution in [0, 0.1) is 0 Å². The highest BCUT2D eigenvalue weighted by Crippen LogP contribution is 2.38. The van der Waals surface area contributed by atoms with Gasteiger partial charge in [-0.25, -0.2) is 0 Å². The van der Waals surface area contributed by atoms with Crippen molar-refractivity contribution in [3.05, 3.63) is 0 Å². The molecule has 1 heterocycles. The molecule has 0 aromatic heterocycles. The van der Waals surface area contributed by atoms with Crippen LogP contribution in [0.15, 0.2) is 0 Å². The van der Waals surface area contributed by atoms with Crippen LogP contribution < -0.4 is 11.1 Å². The molecule has 4 heteroatoms. The SMILES string of the molecule is CNC1(CC(N)=O)CC(C)N(C2CC2)C1. The summed E-state index contributed by atoms with van der Waals surface area (Å²) in [6.07, 6.45) is 4.13. The fourth-order valence-electron chi connectivity index (χ4n) is 2.88. The predicted octanol–water partition coefficient (Wildman–Crippen LogP) is 0.0766. The molecule has 2 aliphatic rings. The maximum atomic E-state index is 11.1. The highest BCUT2D eigenvalue weighted by Gasteiger charge is 2.46. The molecule has 0 aromatic rings. The number of rotatable bonds is 4. The van der Waals surface area contributed by atoms with Crippen LogP contribution in [0.1, 0.15) is 32.6 Å². The van der Waals surface area contributed by atoms with Crippen molar-refractivity contribution >= 4 is 5.91 Å². The number of likely N-dealkylation sites (tertiary alicyclic amines) is 1. The van der Waals surface area contributed by atoms with E-state index < -0.39 is 0 Å². The van der Waals surface area contributed by atoms with Gasteiger partial charge in [0.25, 0.3) is 0 Å². The molecule has 2 fully saturated rings. The van der Waals surface area contributed by atoms with Crippen LogP contribution in [0.5, 0.6) is 0 Å². The molecule has 2 rings (SSSR count). The first-order valence-corrected chi connectivity index (χ1v) is 5.79. The molecule has 0 radical (unpaired) electrons. The molecule has 3 N–H and O–H groups in total. The highest BCUT2D eigenvalue weighted by atomic mass is 16.1. The summed E-state index contributed by atoms with van der Waals surface area (Å²) in [5, 5.41) is 3.31. The van der Waals surface area contributed by atoms with E-state index in [2.05, 4.69) is 17.1 Å². The Kier molecular flexibility index (Phi) is 2.73. The van der Waals surface area contributed by atoms with Gasteiger partial charge in [0.1, 0.15) is 0 Å². The number of nitrogens with one attached hydrogen (secondary N) is 1. The smallest absolute Gasteiger partial charge is 0.219 e. The lowest BCUT2D eigenvalue weighted by Crippen LogP contribution is -2.48. The third kappa shape index (κ3) is 2.16. The zero-order chi connectivity index (χ0) is 11.1. The van der Waals surface area contributed by atoms with Crippen molar-refractivity contribution in [1.29, 1.82) is 0 Å². The van der Waals surface area contributed by atoms with Gasteiger partial charge in [0, 0.05) is 30.6 Å². The van der Waals surface area contributed by atoms with Crippen molar-refractivity contribution in [3.63, 3.8) is 0 Å². The number of nitrogens with two attached hydrogens (primary N) is 1. The van der Waals surface area contributed by atoms with Gasteiger partial charge in [0.2, 0.25) is 5.91 Å². The number of hydrogen-bond acceptors (Lipinski definition) is 3. The lowest BCUT2D eigenvalue weighted by Gasteiger charge is -2.27. The number of likely N-dealkylation sites (N-methyl/N-ethyl adjacent to an activating group) is 1. The summed E-state index contributed by atoms with van der Waals surface area (Å²) in [5.74, 6) is -0.200. The zero-order valence-corrected chi connectivity index (χ0v) is 9.62. The van der Waals surface area contributed by atoms with Crippen LogP contribution >= 0.6 is 0 Å². The van der Waals surface area contributed by atoms with Crippen LogP contribution in [0.3, 0.4) is 0 Å². The first kappa shape index (κ1) is 10.9. The average Bonchev–Trinajstić information content (AvgIpc) is 2.92. The summed E-state index contributed by atoms with van der Waals surface area (Å²) in [6.45, 7) is 3.22. The molecule has 1 aliphatic heterocycles.